The van der Waals surface area contributed by atoms with E-state index in [9.17, 15) is 9.59 Å². The summed E-state index contributed by atoms with van der Waals surface area (Å²) in [4.78, 5) is 29.1. The normalized spacial score (nSPS) is 16.9. The molecule has 1 aliphatic carbocycles. The summed E-state index contributed by atoms with van der Waals surface area (Å²) in [6.45, 7) is 0.742. The number of nitrogens with zero attached hydrogens (tertiary/aromatic N) is 2. The monoisotopic (exact) mass is 363 g/mol. The minimum Gasteiger partial charge on any atom is -0.324 e. The molecule has 1 saturated carbocycles. The molecule has 2 aromatic carbocycles. The average Bonchev–Trinajstić information content (AvgIpc) is 3.41. The van der Waals surface area contributed by atoms with Crippen LogP contribution in [0.3, 0.4) is 0 Å². The van der Waals surface area contributed by atoms with Gasteiger partial charge in [-0.25, -0.2) is 0 Å². The molecule has 5 heteroatoms. The molecule has 1 unspecified atom stereocenters. The van der Waals surface area contributed by atoms with E-state index >= 15 is 0 Å². The summed E-state index contributed by atoms with van der Waals surface area (Å²) in [5.74, 6) is 0.416. The van der Waals surface area contributed by atoms with Crippen LogP contribution in [0.2, 0.25) is 0 Å². The van der Waals surface area contributed by atoms with Crippen LogP contribution < -0.4 is 10.2 Å². The van der Waals surface area contributed by atoms with E-state index in [1.807, 2.05) is 72.4 Å². The summed E-state index contributed by atoms with van der Waals surface area (Å²) >= 11 is 0. The van der Waals surface area contributed by atoms with E-state index in [4.69, 9.17) is 0 Å². The Bertz CT molecular complexity index is 859. The molecule has 2 amide bonds. The molecule has 1 N–H and O–H groups in total. The van der Waals surface area contributed by atoms with E-state index in [1.165, 1.54) is 0 Å². The van der Waals surface area contributed by atoms with Crippen LogP contribution in [0, 0.1) is 5.92 Å². The lowest BCUT2D eigenvalue weighted by molar-refractivity contribution is -0.121. The van der Waals surface area contributed by atoms with E-state index in [0.717, 1.165) is 48.3 Å². The van der Waals surface area contributed by atoms with Crippen molar-refractivity contribution in [1.82, 2.24) is 4.90 Å². The van der Waals surface area contributed by atoms with Crippen LogP contribution in [0.4, 0.5) is 11.4 Å². The van der Waals surface area contributed by atoms with Gasteiger partial charge in [0.1, 0.15) is 6.04 Å². The quantitative estimate of drug-likeness (QED) is 0.887. The molecule has 1 heterocycles. The van der Waals surface area contributed by atoms with Crippen LogP contribution in [0.15, 0.2) is 48.5 Å². The summed E-state index contributed by atoms with van der Waals surface area (Å²) in [5.41, 5.74) is 3.87. The van der Waals surface area contributed by atoms with Gasteiger partial charge in [0.15, 0.2) is 0 Å². The molecule has 27 heavy (non-hydrogen) atoms. The zero-order valence-corrected chi connectivity index (χ0v) is 15.8. The fraction of sp³-hybridized carbons (Fsp3) is 0.364. The average molecular weight is 363 g/mol. The van der Waals surface area contributed by atoms with Crippen LogP contribution in [0.25, 0.3) is 0 Å². The second-order valence-corrected chi connectivity index (χ2v) is 7.62. The largest absolute Gasteiger partial charge is 0.324 e. The standard InChI is InChI=1S/C22H25N3O2/c1-24(2)20(15-6-4-3-5-7-15)21(26)23-18-10-11-19-17(14-18)12-13-25(19)22(27)16-8-9-16/h3-7,10-11,14,16,20H,8-9,12-13H2,1-2H3,(H,23,26). The summed E-state index contributed by atoms with van der Waals surface area (Å²) in [7, 11) is 3.81. The molecule has 4 rings (SSSR count). The van der Waals surface area contributed by atoms with E-state index in [0.29, 0.717) is 0 Å². The summed E-state index contributed by atoms with van der Waals surface area (Å²) in [6.07, 6.45) is 2.88. The number of fused-ring (bicyclic) bond motifs is 1. The van der Waals surface area contributed by atoms with E-state index in [2.05, 4.69) is 5.32 Å². The lowest BCUT2D eigenvalue weighted by Gasteiger charge is -2.24. The van der Waals surface area contributed by atoms with Gasteiger partial charge in [-0.15, -0.1) is 0 Å². The summed E-state index contributed by atoms with van der Waals surface area (Å²) in [6, 6.07) is 15.3. The van der Waals surface area contributed by atoms with Crippen molar-refractivity contribution in [3.63, 3.8) is 0 Å². The molecular formula is C22H25N3O2. The Morgan fingerprint density at radius 3 is 2.52 bits per heavy atom. The zero-order valence-electron chi connectivity index (χ0n) is 15.8. The molecule has 2 aliphatic rings. The first-order valence-corrected chi connectivity index (χ1v) is 9.51. The maximum absolute atomic E-state index is 12.9. The molecule has 0 saturated heterocycles. The van der Waals surface area contributed by atoms with Crippen LogP contribution in [-0.4, -0.2) is 37.4 Å². The second kappa shape index (κ2) is 7.16. The third-order valence-electron chi connectivity index (χ3n) is 5.32. The number of carbonyl (C=O) groups is 2. The Morgan fingerprint density at radius 2 is 1.85 bits per heavy atom. The van der Waals surface area contributed by atoms with Gasteiger partial charge >= 0.3 is 0 Å². The maximum Gasteiger partial charge on any atom is 0.246 e. The molecule has 0 radical (unpaired) electrons. The second-order valence-electron chi connectivity index (χ2n) is 7.62. The summed E-state index contributed by atoms with van der Waals surface area (Å²) < 4.78 is 0. The van der Waals surface area contributed by atoms with Crippen molar-refractivity contribution in [3.05, 3.63) is 59.7 Å². The third-order valence-corrected chi connectivity index (χ3v) is 5.32. The van der Waals surface area contributed by atoms with Crippen LogP contribution in [-0.2, 0) is 16.0 Å². The van der Waals surface area contributed by atoms with Gasteiger partial charge in [0, 0.05) is 23.8 Å². The van der Waals surface area contributed by atoms with Gasteiger partial charge in [-0.2, -0.15) is 0 Å². The van der Waals surface area contributed by atoms with Gasteiger partial charge < -0.3 is 10.2 Å². The molecule has 2 aromatic rings. The number of benzene rings is 2. The molecular weight excluding hydrogens is 338 g/mol. The SMILES string of the molecule is CN(C)C(C(=O)Nc1ccc2c(c1)CCN2C(=O)C1CC1)c1ccccc1. The van der Waals surface area contributed by atoms with Crippen molar-refractivity contribution in [2.45, 2.75) is 25.3 Å². The highest BCUT2D eigenvalue weighted by molar-refractivity contribution is 5.99. The number of hydrogen-bond donors (Lipinski definition) is 1. The minimum atomic E-state index is -0.354. The van der Waals surface area contributed by atoms with Crippen molar-refractivity contribution in [2.24, 2.45) is 5.92 Å². The highest BCUT2D eigenvalue weighted by Gasteiger charge is 2.36. The highest BCUT2D eigenvalue weighted by Crippen LogP contribution is 2.37. The van der Waals surface area contributed by atoms with E-state index in [1.54, 1.807) is 0 Å². The number of carbonyl (C=O) groups excluding carboxylic acids is 2. The first-order chi connectivity index (χ1) is 13.0. The van der Waals surface area contributed by atoms with Crippen molar-refractivity contribution >= 4 is 23.2 Å². The smallest absolute Gasteiger partial charge is 0.246 e. The Balaban J connectivity index is 1.51. The topological polar surface area (TPSA) is 52.7 Å². The fourth-order valence-corrected chi connectivity index (χ4v) is 3.79. The predicted octanol–water partition coefficient (Wildman–Crippen LogP) is 3.23. The lowest BCUT2D eigenvalue weighted by atomic mass is 10.0. The van der Waals surface area contributed by atoms with Crippen molar-refractivity contribution in [2.75, 3.05) is 30.9 Å². The molecule has 1 fully saturated rings. The molecule has 1 aliphatic heterocycles. The number of hydrogen-bond acceptors (Lipinski definition) is 3. The molecule has 0 spiro atoms. The van der Waals surface area contributed by atoms with Gasteiger partial charge in [-0.3, -0.25) is 14.5 Å². The lowest BCUT2D eigenvalue weighted by Crippen LogP contribution is -2.32. The Kier molecular flexibility index (Phi) is 4.70. The number of rotatable bonds is 5. The predicted molar refractivity (Wildman–Crippen MR) is 107 cm³/mol. The number of likely N-dealkylation sites (N-methyl/N-ethyl adjacent to an activating group) is 1. The van der Waals surface area contributed by atoms with Crippen LogP contribution in [0.5, 0.6) is 0 Å². The van der Waals surface area contributed by atoms with Gasteiger partial charge in [-0.05, 0) is 62.7 Å². The summed E-state index contributed by atoms with van der Waals surface area (Å²) in [5, 5.41) is 3.05. The van der Waals surface area contributed by atoms with Gasteiger partial charge in [0.05, 0.1) is 0 Å². The molecule has 0 aromatic heterocycles. The Hall–Kier alpha value is -2.66. The van der Waals surface area contributed by atoms with Crippen LogP contribution >= 0.6 is 0 Å². The van der Waals surface area contributed by atoms with Crippen LogP contribution in [0.1, 0.15) is 30.0 Å². The molecule has 5 nitrogen and oxygen atoms in total. The van der Waals surface area contributed by atoms with Crippen molar-refractivity contribution in [1.29, 1.82) is 0 Å². The molecule has 0 bridgehead atoms. The fourth-order valence-electron chi connectivity index (χ4n) is 3.79. The third kappa shape index (κ3) is 3.60. The number of nitrogens with one attached hydrogen (secondary N) is 1. The Labute approximate surface area is 160 Å². The zero-order chi connectivity index (χ0) is 19.0. The maximum atomic E-state index is 12.9. The van der Waals surface area contributed by atoms with Gasteiger partial charge in [-0.1, -0.05) is 30.3 Å². The molecule has 140 valence electrons. The van der Waals surface area contributed by atoms with Crippen molar-refractivity contribution in [3.8, 4) is 0 Å². The molecule has 1 atom stereocenters. The van der Waals surface area contributed by atoms with E-state index in [-0.39, 0.29) is 23.8 Å². The number of anilines is 2. The Morgan fingerprint density at radius 1 is 1.11 bits per heavy atom. The van der Waals surface area contributed by atoms with E-state index < -0.39 is 0 Å². The first-order valence-electron chi connectivity index (χ1n) is 9.51. The first kappa shape index (κ1) is 17.7. The van der Waals surface area contributed by atoms with Crippen molar-refractivity contribution < 1.29 is 9.59 Å². The highest BCUT2D eigenvalue weighted by atomic mass is 16.2. The van der Waals surface area contributed by atoms with Gasteiger partial charge in [0.2, 0.25) is 11.8 Å². The minimum absolute atomic E-state index is 0.0601. The van der Waals surface area contributed by atoms with Gasteiger partial charge in [0.25, 0.3) is 0 Å². The number of amides is 2.